The Kier molecular flexibility index (Phi) is 12.1. The van der Waals surface area contributed by atoms with Crippen molar-refractivity contribution in [1.29, 1.82) is 0 Å². The topological polar surface area (TPSA) is 149 Å². The lowest BCUT2D eigenvalue weighted by molar-refractivity contribution is -0.139. The summed E-state index contributed by atoms with van der Waals surface area (Å²) in [5.74, 6) is -2.44. The smallest absolute Gasteiger partial charge is 0.322 e. The van der Waals surface area contributed by atoms with Gasteiger partial charge in [-0.3, -0.25) is 19.2 Å². The van der Waals surface area contributed by atoms with Gasteiger partial charge in [0.05, 0.1) is 0 Å². The second kappa shape index (κ2) is 12.9. The predicted molar refractivity (Wildman–Crippen MR) is 119 cm³/mol. The van der Waals surface area contributed by atoms with Crippen molar-refractivity contribution < 1.29 is 37.8 Å². The minimum atomic E-state index is -2.05. The molecule has 0 aromatic carbocycles. The van der Waals surface area contributed by atoms with Gasteiger partial charge in [-0.1, -0.05) is 0 Å². The second-order valence-corrected chi connectivity index (χ2v) is 10.7. The zero-order chi connectivity index (χ0) is 24.5. The summed E-state index contributed by atoms with van der Waals surface area (Å²) < 4.78 is 22.0. The number of carbonyl (C=O) groups is 4. The minimum Gasteiger partial charge on any atom is -0.480 e. The lowest BCUT2D eigenvalue weighted by Crippen LogP contribution is -2.45. The van der Waals surface area contributed by atoms with Crippen LogP contribution in [0.4, 0.5) is 9.59 Å². The number of carbonyl (C=O) groups excluding carboxylic acids is 2. The molecule has 3 atom stereocenters. The molecule has 1 rings (SSSR count). The first-order chi connectivity index (χ1) is 14.3. The molecule has 1 aliphatic rings. The summed E-state index contributed by atoms with van der Waals surface area (Å²) in [5, 5.41) is 15.6. The Morgan fingerprint density at radius 2 is 1.26 bits per heavy atom. The van der Waals surface area contributed by atoms with Crippen molar-refractivity contribution in [2.24, 2.45) is 5.92 Å². The summed E-state index contributed by atoms with van der Waals surface area (Å²) in [6.45, 7) is 11.4. The average Bonchev–Trinajstić information content (AvgIpc) is 3.54. The van der Waals surface area contributed by atoms with Crippen LogP contribution in [0.25, 0.3) is 0 Å². The molecule has 180 valence electrons. The second-order valence-electron chi connectivity index (χ2n) is 7.35. The molecular formula is C19H34N2O8S2. The third-order valence-electron chi connectivity index (χ3n) is 4.88. The number of hydrogen-bond donors (Lipinski definition) is 2. The Hall–Kier alpha value is -1.82. The van der Waals surface area contributed by atoms with Crippen LogP contribution in [0.1, 0.15) is 54.4 Å². The van der Waals surface area contributed by atoms with Crippen molar-refractivity contribution >= 4 is 44.0 Å². The Balaban J connectivity index is 0.000000582. The molecule has 0 aliphatic heterocycles. The molecule has 31 heavy (non-hydrogen) atoms. The number of rotatable bonds is 9. The van der Waals surface area contributed by atoms with E-state index in [0.29, 0.717) is 26.2 Å². The van der Waals surface area contributed by atoms with E-state index in [9.17, 15) is 27.6 Å². The summed E-state index contributed by atoms with van der Waals surface area (Å²) in [7, 11) is -3.99. The van der Waals surface area contributed by atoms with Gasteiger partial charge in [0.1, 0.15) is 31.6 Å². The zero-order valence-electron chi connectivity index (χ0n) is 19.0. The fourth-order valence-corrected chi connectivity index (χ4v) is 5.10. The van der Waals surface area contributed by atoms with Crippen LogP contribution in [0.5, 0.6) is 0 Å². The SMILES string of the molecule is CCN(CC)C(=O)S(=O)C(C(=O)O)C1CC1.CCN(CC)C(=O)S(=O)C(C)(C)C(=O)O. The van der Waals surface area contributed by atoms with Crippen molar-refractivity contribution in [2.45, 2.75) is 64.4 Å². The summed E-state index contributed by atoms with van der Waals surface area (Å²) in [6.07, 6.45) is 1.52. The van der Waals surface area contributed by atoms with Crippen LogP contribution >= 0.6 is 0 Å². The predicted octanol–water partition coefficient (Wildman–Crippen LogP) is 2.12. The fraction of sp³-hybridized carbons (Fsp3) is 0.789. The molecule has 0 radical (unpaired) electrons. The Bertz CT molecular complexity index is 714. The van der Waals surface area contributed by atoms with Crippen LogP contribution in [-0.2, 0) is 31.2 Å². The third-order valence-corrected chi connectivity index (χ3v) is 8.20. The lowest BCUT2D eigenvalue weighted by atomic mass is 10.2. The van der Waals surface area contributed by atoms with E-state index in [-0.39, 0.29) is 5.92 Å². The Morgan fingerprint density at radius 3 is 1.55 bits per heavy atom. The number of carboxylic acids is 2. The van der Waals surface area contributed by atoms with Crippen LogP contribution in [0.3, 0.4) is 0 Å². The van der Waals surface area contributed by atoms with Gasteiger partial charge in [0.25, 0.3) is 0 Å². The van der Waals surface area contributed by atoms with E-state index in [4.69, 9.17) is 10.2 Å². The number of amides is 2. The van der Waals surface area contributed by atoms with Crippen molar-refractivity contribution in [3.8, 4) is 0 Å². The largest absolute Gasteiger partial charge is 0.480 e. The Labute approximate surface area is 188 Å². The van der Waals surface area contributed by atoms with Crippen molar-refractivity contribution in [3.63, 3.8) is 0 Å². The van der Waals surface area contributed by atoms with Crippen LogP contribution in [0.2, 0.25) is 0 Å². The minimum absolute atomic E-state index is 0.0853. The lowest BCUT2D eigenvalue weighted by Gasteiger charge is -2.23. The monoisotopic (exact) mass is 482 g/mol. The highest BCUT2D eigenvalue weighted by Gasteiger charge is 2.44. The van der Waals surface area contributed by atoms with Gasteiger partial charge in [-0.15, -0.1) is 0 Å². The molecule has 1 fully saturated rings. The molecule has 0 heterocycles. The van der Waals surface area contributed by atoms with Gasteiger partial charge in [-0.25, -0.2) is 8.42 Å². The van der Waals surface area contributed by atoms with Crippen molar-refractivity contribution in [3.05, 3.63) is 0 Å². The summed E-state index contributed by atoms with van der Waals surface area (Å²) in [6, 6.07) is 0. The van der Waals surface area contributed by atoms with E-state index in [0.717, 1.165) is 12.8 Å². The number of hydrogen-bond acceptors (Lipinski definition) is 6. The Morgan fingerprint density at radius 1 is 0.871 bits per heavy atom. The first-order valence-electron chi connectivity index (χ1n) is 10.2. The summed E-state index contributed by atoms with van der Waals surface area (Å²) in [4.78, 5) is 47.9. The zero-order valence-corrected chi connectivity index (χ0v) is 20.6. The van der Waals surface area contributed by atoms with Crippen LogP contribution in [0.15, 0.2) is 0 Å². The standard InChI is InChI=1S/C10H17NO4S.C9H17NO4S/c1-3-11(4-2)10(14)16(15)8(9(12)13)7-5-6-7;1-5-10(6-2)8(13)15(14)9(3,4)7(11)12/h7-8H,3-6H2,1-2H3,(H,12,13);5-6H2,1-4H3,(H,11,12). The fourth-order valence-electron chi connectivity index (χ4n) is 2.48. The molecule has 1 aliphatic carbocycles. The number of carboxylic acid groups (broad SMARTS) is 2. The molecule has 0 aromatic rings. The van der Waals surface area contributed by atoms with E-state index < -0.39 is 54.0 Å². The number of aliphatic carboxylic acids is 2. The van der Waals surface area contributed by atoms with Crippen LogP contribution < -0.4 is 0 Å². The van der Waals surface area contributed by atoms with Gasteiger partial charge < -0.3 is 20.0 Å². The third kappa shape index (κ3) is 7.99. The quantitative estimate of drug-likeness (QED) is 0.507. The van der Waals surface area contributed by atoms with Gasteiger partial charge in [0.2, 0.25) is 0 Å². The molecule has 3 unspecified atom stereocenters. The van der Waals surface area contributed by atoms with Crippen molar-refractivity contribution in [2.75, 3.05) is 26.2 Å². The highest BCUT2D eigenvalue weighted by Crippen LogP contribution is 2.36. The maximum Gasteiger partial charge on any atom is 0.322 e. The molecule has 0 aromatic heterocycles. The van der Waals surface area contributed by atoms with Gasteiger partial charge in [0, 0.05) is 26.2 Å². The first-order valence-corrected chi connectivity index (χ1v) is 12.5. The average molecular weight is 483 g/mol. The molecule has 1 saturated carbocycles. The molecule has 12 heteroatoms. The molecule has 0 bridgehead atoms. The van der Waals surface area contributed by atoms with Gasteiger partial charge >= 0.3 is 22.4 Å². The van der Waals surface area contributed by atoms with E-state index in [1.807, 2.05) is 0 Å². The summed E-state index contributed by atoms with van der Waals surface area (Å²) >= 11 is 0. The normalized spacial score (nSPS) is 16.2. The van der Waals surface area contributed by atoms with Gasteiger partial charge in [-0.2, -0.15) is 0 Å². The van der Waals surface area contributed by atoms with E-state index in [2.05, 4.69) is 0 Å². The maximum absolute atomic E-state index is 11.9. The van der Waals surface area contributed by atoms with Gasteiger partial charge in [0.15, 0.2) is 0 Å². The molecule has 2 N–H and O–H groups in total. The van der Waals surface area contributed by atoms with E-state index in [1.165, 1.54) is 23.6 Å². The molecule has 0 spiro atoms. The van der Waals surface area contributed by atoms with Crippen LogP contribution in [0, 0.1) is 5.92 Å². The van der Waals surface area contributed by atoms with E-state index in [1.54, 1.807) is 27.7 Å². The maximum atomic E-state index is 11.9. The molecular weight excluding hydrogens is 448 g/mol. The van der Waals surface area contributed by atoms with E-state index >= 15 is 0 Å². The number of nitrogens with zero attached hydrogens (tertiary/aromatic N) is 2. The summed E-state index contributed by atoms with van der Waals surface area (Å²) in [5.41, 5.74) is 0. The molecule has 10 nitrogen and oxygen atoms in total. The first kappa shape index (κ1) is 29.2. The van der Waals surface area contributed by atoms with Crippen molar-refractivity contribution in [1.82, 2.24) is 9.80 Å². The molecule has 0 saturated heterocycles. The molecule has 2 amide bonds. The highest BCUT2D eigenvalue weighted by molar-refractivity contribution is 8.02. The highest BCUT2D eigenvalue weighted by atomic mass is 32.2. The van der Waals surface area contributed by atoms with Crippen LogP contribution in [-0.4, -0.2) is 87.0 Å². The van der Waals surface area contributed by atoms with Gasteiger partial charge in [-0.05, 0) is 60.3 Å².